The van der Waals surface area contributed by atoms with Gasteiger partial charge in [0.1, 0.15) is 5.82 Å². The third-order valence-electron chi connectivity index (χ3n) is 4.12. The molecule has 0 aliphatic heterocycles. The highest BCUT2D eigenvalue weighted by Gasteiger charge is 2.09. The van der Waals surface area contributed by atoms with E-state index < -0.39 is 0 Å². The van der Waals surface area contributed by atoms with E-state index in [-0.39, 0.29) is 11.7 Å². The largest absolute Gasteiger partial charge is 0.322 e. The number of nitrogens with zero attached hydrogens (tertiary/aromatic N) is 4. The highest BCUT2D eigenvalue weighted by atomic mass is 32.2. The molecule has 0 saturated carbocycles. The second kappa shape index (κ2) is 8.66. The zero-order chi connectivity index (χ0) is 20.1. The van der Waals surface area contributed by atoms with E-state index in [2.05, 4.69) is 20.8 Å². The minimum atomic E-state index is -0.374. The number of carbonyl (C=O) groups excluding carboxylic acids is 1. The van der Waals surface area contributed by atoms with Gasteiger partial charge in [0.25, 0.3) is 5.91 Å². The minimum Gasteiger partial charge on any atom is -0.322 e. The van der Waals surface area contributed by atoms with Gasteiger partial charge in [0, 0.05) is 16.1 Å². The molecule has 0 bridgehead atoms. The van der Waals surface area contributed by atoms with Crippen LogP contribution in [-0.4, -0.2) is 26.1 Å². The predicted molar refractivity (Wildman–Crippen MR) is 110 cm³/mol. The standard InChI is InChI=1S/C21H16FN5OS/c22-16-8-6-15(7-9-16)21(28)23-17-10-12-19(13-11-17)29-14-20-24-25-26-27(20)18-4-2-1-3-5-18/h1-13H,14H2,(H,23,28). The Labute approximate surface area is 170 Å². The van der Waals surface area contributed by atoms with E-state index in [1.807, 2.05) is 54.6 Å². The van der Waals surface area contributed by atoms with Gasteiger partial charge in [-0.15, -0.1) is 16.9 Å². The van der Waals surface area contributed by atoms with Crippen LogP contribution in [0.2, 0.25) is 0 Å². The number of rotatable bonds is 6. The molecular formula is C21H16FN5OS. The van der Waals surface area contributed by atoms with Gasteiger partial charge >= 0.3 is 0 Å². The lowest BCUT2D eigenvalue weighted by atomic mass is 10.2. The topological polar surface area (TPSA) is 72.7 Å². The maximum absolute atomic E-state index is 13.0. The average Bonchev–Trinajstić information content (AvgIpc) is 3.23. The van der Waals surface area contributed by atoms with Gasteiger partial charge in [0.15, 0.2) is 5.82 Å². The lowest BCUT2D eigenvalue weighted by Crippen LogP contribution is -2.11. The first kappa shape index (κ1) is 18.8. The number of hydrogen-bond donors (Lipinski definition) is 1. The van der Waals surface area contributed by atoms with E-state index in [1.165, 1.54) is 24.3 Å². The Morgan fingerprint density at radius 2 is 1.69 bits per heavy atom. The van der Waals surface area contributed by atoms with Gasteiger partial charge in [-0.25, -0.2) is 4.39 Å². The Hall–Kier alpha value is -3.52. The number of para-hydroxylation sites is 1. The van der Waals surface area contributed by atoms with Crippen LogP contribution >= 0.6 is 11.8 Å². The molecule has 0 fully saturated rings. The van der Waals surface area contributed by atoms with Crippen LogP contribution in [0.15, 0.2) is 83.8 Å². The summed E-state index contributed by atoms with van der Waals surface area (Å²) in [7, 11) is 0. The maximum atomic E-state index is 13.0. The minimum absolute atomic E-state index is 0.285. The highest BCUT2D eigenvalue weighted by Crippen LogP contribution is 2.24. The molecule has 1 heterocycles. The molecular weight excluding hydrogens is 389 g/mol. The zero-order valence-electron chi connectivity index (χ0n) is 15.2. The van der Waals surface area contributed by atoms with E-state index in [9.17, 15) is 9.18 Å². The molecule has 4 rings (SSSR count). The number of thioether (sulfide) groups is 1. The number of benzene rings is 3. The first-order valence-corrected chi connectivity index (χ1v) is 9.80. The number of carbonyl (C=O) groups is 1. The highest BCUT2D eigenvalue weighted by molar-refractivity contribution is 7.98. The second-order valence-electron chi connectivity index (χ2n) is 6.12. The number of aromatic nitrogens is 4. The van der Waals surface area contributed by atoms with Crippen LogP contribution in [0, 0.1) is 5.82 Å². The molecule has 29 heavy (non-hydrogen) atoms. The fraction of sp³-hybridized carbons (Fsp3) is 0.0476. The van der Waals surface area contributed by atoms with Crippen molar-refractivity contribution in [3.05, 3.63) is 96.1 Å². The van der Waals surface area contributed by atoms with Crippen molar-refractivity contribution in [2.45, 2.75) is 10.6 Å². The number of nitrogens with one attached hydrogen (secondary N) is 1. The second-order valence-corrected chi connectivity index (χ2v) is 7.17. The Morgan fingerprint density at radius 1 is 0.966 bits per heavy atom. The molecule has 0 radical (unpaired) electrons. The summed E-state index contributed by atoms with van der Waals surface area (Å²) in [5.74, 6) is 0.687. The molecule has 0 aliphatic carbocycles. The van der Waals surface area contributed by atoms with E-state index in [1.54, 1.807) is 16.4 Å². The van der Waals surface area contributed by atoms with Gasteiger partial charge < -0.3 is 5.32 Å². The predicted octanol–water partition coefficient (Wildman–Crippen LogP) is 4.35. The average molecular weight is 405 g/mol. The monoisotopic (exact) mass is 405 g/mol. The molecule has 1 aromatic heterocycles. The summed E-state index contributed by atoms with van der Waals surface area (Å²) >= 11 is 1.59. The summed E-state index contributed by atoms with van der Waals surface area (Å²) < 4.78 is 14.7. The molecule has 0 spiro atoms. The molecule has 0 atom stereocenters. The van der Waals surface area contributed by atoms with Crippen molar-refractivity contribution in [3.8, 4) is 5.69 Å². The molecule has 6 nitrogen and oxygen atoms in total. The van der Waals surface area contributed by atoms with Crippen LogP contribution in [0.3, 0.4) is 0 Å². The Morgan fingerprint density at radius 3 is 2.41 bits per heavy atom. The SMILES string of the molecule is O=C(Nc1ccc(SCc2nnnn2-c2ccccc2)cc1)c1ccc(F)cc1. The van der Waals surface area contributed by atoms with E-state index in [4.69, 9.17) is 0 Å². The smallest absolute Gasteiger partial charge is 0.255 e. The number of amides is 1. The molecule has 0 unspecified atom stereocenters. The molecule has 3 aromatic carbocycles. The van der Waals surface area contributed by atoms with Gasteiger partial charge in [-0.3, -0.25) is 4.79 Å². The molecule has 1 amide bonds. The summed E-state index contributed by atoms with van der Waals surface area (Å²) in [5.41, 5.74) is 1.97. The fourth-order valence-electron chi connectivity index (χ4n) is 2.65. The summed E-state index contributed by atoms with van der Waals surface area (Å²) in [6.45, 7) is 0. The van der Waals surface area contributed by atoms with E-state index >= 15 is 0 Å². The molecule has 8 heteroatoms. The van der Waals surface area contributed by atoms with Crippen molar-refractivity contribution in [1.82, 2.24) is 20.2 Å². The number of anilines is 1. The summed E-state index contributed by atoms with van der Waals surface area (Å²) in [4.78, 5) is 13.2. The number of hydrogen-bond acceptors (Lipinski definition) is 5. The Balaban J connectivity index is 1.38. The maximum Gasteiger partial charge on any atom is 0.255 e. The quantitative estimate of drug-likeness (QED) is 0.483. The van der Waals surface area contributed by atoms with Crippen LogP contribution < -0.4 is 5.32 Å². The molecule has 0 saturated heterocycles. The van der Waals surface area contributed by atoms with Gasteiger partial charge in [-0.1, -0.05) is 18.2 Å². The van der Waals surface area contributed by atoms with Gasteiger partial charge in [0.05, 0.1) is 11.4 Å². The van der Waals surface area contributed by atoms with Crippen LogP contribution in [0.4, 0.5) is 10.1 Å². The van der Waals surface area contributed by atoms with Gasteiger partial charge in [-0.05, 0) is 71.1 Å². The first-order valence-electron chi connectivity index (χ1n) is 8.81. The number of tetrazole rings is 1. The third-order valence-corrected chi connectivity index (χ3v) is 5.13. The fourth-order valence-corrected chi connectivity index (χ4v) is 3.46. The normalized spacial score (nSPS) is 10.7. The summed E-state index contributed by atoms with van der Waals surface area (Å²) in [6.07, 6.45) is 0. The zero-order valence-corrected chi connectivity index (χ0v) is 16.0. The van der Waals surface area contributed by atoms with Crippen molar-refractivity contribution in [3.63, 3.8) is 0 Å². The Kier molecular flexibility index (Phi) is 5.62. The van der Waals surface area contributed by atoms with Crippen molar-refractivity contribution in [2.75, 3.05) is 5.32 Å². The van der Waals surface area contributed by atoms with Gasteiger partial charge in [0.2, 0.25) is 0 Å². The summed E-state index contributed by atoms with van der Waals surface area (Å²) in [5, 5.41) is 14.7. The first-order chi connectivity index (χ1) is 14.2. The molecule has 144 valence electrons. The van der Waals surface area contributed by atoms with Crippen LogP contribution in [-0.2, 0) is 5.75 Å². The third kappa shape index (κ3) is 4.67. The molecule has 1 N–H and O–H groups in total. The van der Waals surface area contributed by atoms with Crippen molar-refractivity contribution in [1.29, 1.82) is 0 Å². The van der Waals surface area contributed by atoms with Crippen LogP contribution in [0.25, 0.3) is 5.69 Å². The van der Waals surface area contributed by atoms with E-state index in [0.717, 1.165) is 16.4 Å². The molecule has 0 aliphatic rings. The van der Waals surface area contributed by atoms with E-state index in [0.29, 0.717) is 17.0 Å². The van der Waals surface area contributed by atoms with Crippen molar-refractivity contribution in [2.24, 2.45) is 0 Å². The van der Waals surface area contributed by atoms with Crippen molar-refractivity contribution >= 4 is 23.4 Å². The lowest BCUT2D eigenvalue weighted by Gasteiger charge is -2.07. The van der Waals surface area contributed by atoms with Crippen molar-refractivity contribution < 1.29 is 9.18 Å². The van der Waals surface area contributed by atoms with Crippen LogP contribution in [0.1, 0.15) is 16.2 Å². The summed E-state index contributed by atoms with van der Waals surface area (Å²) in [6, 6.07) is 22.6. The number of halogens is 1. The lowest BCUT2D eigenvalue weighted by molar-refractivity contribution is 0.102. The Bertz CT molecular complexity index is 1100. The molecule has 4 aromatic rings. The van der Waals surface area contributed by atoms with Gasteiger partial charge in [-0.2, -0.15) is 4.68 Å². The van der Waals surface area contributed by atoms with Crippen LogP contribution in [0.5, 0.6) is 0 Å².